The van der Waals surface area contributed by atoms with E-state index in [9.17, 15) is 18.0 Å². The lowest BCUT2D eigenvalue weighted by Crippen LogP contribution is -2.33. The van der Waals surface area contributed by atoms with Gasteiger partial charge in [-0.1, -0.05) is 37.1 Å². The maximum absolute atomic E-state index is 12.1. The maximum atomic E-state index is 12.1. The van der Waals surface area contributed by atoms with Crippen LogP contribution >= 0.6 is 11.6 Å². The molecule has 4 N–H and O–H groups in total. The topological polar surface area (TPSA) is 72.3 Å². The second kappa shape index (κ2) is 12.6. The van der Waals surface area contributed by atoms with Crippen molar-refractivity contribution in [3.8, 4) is 0 Å². The summed E-state index contributed by atoms with van der Waals surface area (Å²) in [4.78, 5) is 13.1. The largest absolute Gasteiger partial charge is 0.417 e. The van der Waals surface area contributed by atoms with E-state index in [4.69, 9.17) is 23.1 Å². The molecule has 0 atom stereocenters. The SMILES string of the molecule is CC.Cc1ccc(C(F)(F)F)c(Cl)c1.NC(=O)/C=C(\N)C1CCN(C=C2CCC2)CC1. The molecular formula is C23H33ClF3N3O. The molecule has 4 nitrogen and oxygen atoms in total. The molecule has 1 aromatic rings. The first-order valence-electron chi connectivity index (χ1n) is 10.6. The Bertz CT molecular complexity index is 777. The van der Waals surface area contributed by atoms with Gasteiger partial charge in [0.1, 0.15) is 0 Å². The number of hydrogen-bond donors (Lipinski definition) is 2. The predicted molar refractivity (Wildman–Crippen MR) is 120 cm³/mol. The van der Waals surface area contributed by atoms with Crippen molar-refractivity contribution in [1.82, 2.24) is 4.90 Å². The van der Waals surface area contributed by atoms with E-state index in [0.717, 1.165) is 32.0 Å². The molecule has 8 heteroatoms. The first kappa shape index (κ1) is 26.9. The standard InChI is InChI=1S/C13H21N3O.C8H6ClF3.C2H6/c14-12(8-13(15)17)11-4-6-16(7-5-11)9-10-2-1-3-10;1-5-2-3-6(7(9)4-5)8(10,11)12;1-2/h8-9,11H,1-7,14H2,(H2,15,17);2-4H,1H3;1-2H3/b12-8-;;. The number of nitrogens with two attached hydrogens (primary N) is 2. The number of carbonyl (C=O) groups excluding carboxylic acids is 1. The van der Waals surface area contributed by atoms with E-state index < -0.39 is 17.6 Å². The number of likely N-dealkylation sites (tertiary alicyclic amines) is 1. The summed E-state index contributed by atoms with van der Waals surface area (Å²) in [5, 5.41) is -0.248. The highest BCUT2D eigenvalue weighted by Gasteiger charge is 2.32. The summed E-state index contributed by atoms with van der Waals surface area (Å²) < 4.78 is 36.3. The Balaban J connectivity index is 0.000000303. The zero-order valence-corrected chi connectivity index (χ0v) is 19.2. The van der Waals surface area contributed by atoms with Gasteiger partial charge in [0.15, 0.2) is 0 Å². The van der Waals surface area contributed by atoms with Gasteiger partial charge in [-0.05, 0) is 62.9 Å². The van der Waals surface area contributed by atoms with Crippen LogP contribution in [-0.4, -0.2) is 23.9 Å². The van der Waals surface area contributed by atoms with Crippen LogP contribution in [0.1, 0.15) is 57.1 Å². The fourth-order valence-corrected chi connectivity index (χ4v) is 3.60. The number of carbonyl (C=O) groups is 1. The Morgan fingerprint density at radius 2 is 1.74 bits per heavy atom. The van der Waals surface area contributed by atoms with Gasteiger partial charge in [0, 0.05) is 30.8 Å². The summed E-state index contributed by atoms with van der Waals surface area (Å²) in [5.74, 6) is -0.125. The Hall–Kier alpha value is -2.15. The lowest BCUT2D eigenvalue weighted by molar-refractivity contribution is -0.137. The first-order valence-corrected chi connectivity index (χ1v) is 11.0. The number of nitrogens with zero attached hydrogens (tertiary/aromatic N) is 1. The van der Waals surface area contributed by atoms with Crippen LogP contribution in [0.25, 0.3) is 0 Å². The zero-order valence-electron chi connectivity index (χ0n) is 18.4. The number of hydrogen-bond acceptors (Lipinski definition) is 3. The molecule has 0 spiro atoms. The average molecular weight is 460 g/mol. The minimum absolute atomic E-state index is 0.248. The molecule has 1 aliphatic heterocycles. The van der Waals surface area contributed by atoms with Gasteiger partial charge in [-0.15, -0.1) is 0 Å². The van der Waals surface area contributed by atoms with Crippen molar-refractivity contribution in [3.05, 3.63) is 57.9 Å². The Morgan fingerprint density at radius 3 is 2.16 bits per heavy atom. The summed E-state index contributed by atoms with van der Waals surface area (Å²) in [5.41, 5.74) is 13.1. The minimum Gasteiger partial charge on any atom is -0.402 e. The molecule has 0 bridgehead atoms. The summed E-state index contributed by atoms with van der Waals surface area (Å²) >= 11 is 5.39. The molecule has 0 unspecified atom stereocenters. The van der Waals surface area contributed by atoms with Crippen LogP contribution in [0, 0.1) is 12.8 Å². The molecule has 1 amide bonds. The van der Waals surface area contributed by atoms with E-state index in [-0.39, 0.29) is 5.02 Å². The molecule has 174 valence electrons. The van der Waals surface area contributed by atoms with E-state index in [2.05, 4.69) is 11.1 Å². The monoisotopic (exact) mass is 459 g/mol. The van der Waals surface area contributed by atoms with Gasteiger partial charge in [0.2, 0.25) is 5.91 Å². The highest BCUT2D eigenvalue weighted by molar-refractivity contribution is 6.31. The Kier molecular flexibility index (Phi) is 11.0. The number of piperidine rings is 1. The summed E-state index contributed by atoms with van der Waals surface area (Å²) in [6.45, 7) is 7.75. The van der Waals surface area contributed by atoms with E-state index in [1.165, 1.54) is 37.5 Å². The van der Waals surface area contributed by atoms with Crippen LogP contribution in [0.4, 0.5) is 13.2 Å². The average Bonchev–Trinajstić information content (AvgIpc) is 2.65. The zero-order chi connectivity index (χ0) is 23.6. The predicted octanol–water partition coefficient (Wildman–Crippen LogP) is 5.79. The van der Waals surface area contributed by atoms with Crippen molar-refractivity contribution in [2.75, 3.05) is 13.1 Å². The number of rotatable bonds is 3. The molecule has 1 heterocycles. The molecular weight excluding hydrogens is 427 g/mol. The van der Waals surface area contributed by atoms with Crippen molar-refractivity contribution in [1.29, 1.82) is 0 Å². The second-order valence-electron chi connectivity index (χ2n) is 7.48. The minimum atomic E-state index is -4.36. The number of halogens is 4. The fraction of sp³-hybridized carbons (Fsp3) is 0.522. The van der Waals surface area contributed by atoms with Crippen molar-refractivity contribution in [3.63, 3.8) is 0 Å². The molecule has 1 aliphatic carbocycles. The van der Waals surface area contributed by atoms with Crippen molar-refractivity contribution in [2.45, 2.75) is 59.1 Å². The van der Waals surface area contributed by atoms with E-state index in [1.807, 2.05) is 13.8 Å². The fourth-order valence-electron chi connectivity index (χ4n) is 3.26. The molecule has 3 rings (SSSR count). The van der Waals surface area contributed by atoms with E-state index in [0.29, 0.717) is 17.2 Å². The third-order valence-electron chi connectivity index (χ3n) is 5.10. The third kappa shape index (κ3) is 9.25. The van der Waals surface area contributed by atoms with Crippen LogP contribution in [0.15, 0.2) is 41.7 Å². The first-order chi connectivity index (χ1) is 14.6. The quantitative estimate of drug-likeness (QED) is 0.562. The lowest BCUT2D eigenvalue weighted by atomic mass is 9.91. The molecule has 0 radical (unpaired) electrons. The molecule has 0 aromatic heterocycles. The third-order valence-corrected chi connectivity index (χ3v) is 5.41. The number of allylic oxidation sites excluding steroid dienone is 2. The number of benzene rings is 1. The van der Waals surface area contributed by atoms with Crippen LogP contribution in [0.5, 0.6) is 0 Å². The van der Waals surface area contributed by atoms with E-state index >= 15 is 0 Å². The van der Waals surface area contributed by atoms with Gasteiger partial charge in [-0.2, -0.15) is 13.2 Å². The van der Waals surface area contributed by atoms with Gasteiger partial charge in [-0.3, -0.25) is 4.79 Å². The number of aryl methyl sites for hydroxylation is 1. The summed E-state index contributed by atoms with van der Waals surface area (Å²) in [6.07, 6.45) is 5.23. The molecule has 2 aliphatic rings. The lowest BCUT2D eigenvalue weighted by Gasteiger charge is -2.33. The molecule has 1 aromatic carbocycles. The molecule has 1 saturated carbocycles. The van der Waals surface area contributed by atoms with Crippen molar-refractivity contribution < 1.29 is 18.0 Å². The van der Waals surface area contributed by atoms with Crippen molar-refractivity contribution >= 4 is 17.5 Å². The normalized spacial score (nSPS) is 16.9. The van der Waals surface area contributed by atoms with Crippen LogP contribution in [-0.2, 0) is 11.0 Å². The van der Waals surface area contributed by atoms with E-state index in [1.54, 1.807) is 12.5 Å². The highest BCUT2D eigenvalue weighted by atomic mass is 35.5. The van der Waals surface area contributed by atoms with Gasteiger partial charge < -0.3 is 16.4 Å². The van der Waals surface area contributed by atoms with Crippen molar-refractivity contribution in [2.24, 2.45) is 17.4 Å². The van der Waals surface area contributed by atoms with Gasteiger partial charge in [0.25, 0.3) is 0 Å². The van der Waals surface area contributed by atoms with Gasteiger partial charge in [0.05, 0.1) is 10.6 Å². The number of alkyl halides is 3. The molecule has 2 fully saturated rings. The highest BCUT2D eigenvalue weighted by Crippen LogP contribution is 2.34. The summed E-state index contributed by atoms with van der Waals surface area (Å²) in [7, 11) is 0. The maximum Gasteiger partial charge on any atom is 0.417 e. The number of primary amides is 1. The van der Waals surface area contributed by atoms with Gasteiger partial charge in [-0.25, -0.2) is 0 Å². The molecule has 1 saturated heterocycles. The van der Waals surface area contributed by atoms with Crippen LogP contribution < -0.4 is 11.5 Å². The number of amides is 1. The second-order valence-corrected chi connectivity index (χ2v) is 7.89. The Labute approximate surface area is 188 Å². The van der Waals surface area contributed by atoms with Crippen LogP contribution in [0.2, 0.25) is 5.02 Å². The summed E-state index contributed by atoms with van der Waals surface area (Å²) in [6, 6.07) is 3.66. The van der Waals surface area contributed by atoms with Gasteiger partial charge >= 0.3 is 6.18 Å². The Morgan fingerprint density at radius 1 is 1.16 bits per heavy atom. The molecule has 31 heavy (non-hydrogen) atoms. The smallest absolute Gasteiger partial charge is 0.402 e. The van der Waals surface area contributed by atoms with Crippen LogP contribution in [0.3, 0.4) is 0 Å².